The number of hydrogen-bond acceptors (Lipinski definition) is 3. The third-order valence-corrected chi connectivity index (χ3v) is 6.13. The second-order valence-corrected chi connectivity index (χ2v) is 10.0. The summed E-state index contributed by atoms with van der Waals surface area (Å²) in [5.74, 6) is 0.951. The molecule has 0 radical (unpaired) electrons. The SMILES string of the molecule is CCCC[Si](C)(C)Oc1csc(C=O)c1CC. The van der Waals surface area contributed by atoms with E-state index < -0.39 is 8.32 Å². The van der Waals surface area contributed by atoms with E-state index >= 15 is 0 Å². The standard InChI is InChI=1S/C13H22O2SSi/c1-5-7-8-17(3,4)15-12-10-16-13(9-14)11(12)6-2/h9-10H,5-8H2,1-4H3. The summed E-state index contributed by atoms with van der Waals surface area (Å²) >= 11 is 1.49. The third-order valence-electron chi connectivity index (χ3n) is 2.87. The lowest BCUT2D eigenvalue weighted by Crippen LogP contribution is -2.34. The van der Waals surface area contributed by atoms with E-state index in [0.29, 0.717) is 0 Å². The van der Waals surface area contributed by atoms with Gasteiger partial charge in [-0.1, -0.05) is 26.7 Å². The van der Waals surface area contributed by atoms with Gasteiger partial charge in [-0.2, -0.15) is 0 Å². The first kappa shape index (κ1) is 14.4. The molecule has 0 amide bonds. The van der Waals surface area contributed by atoms with Crippen LogP contribution >= 0.6 is 11.3 Å². The first-order chi connectivity index (χ1) is 8.04. The number of carbonyl (C=O) groups excluding carboxylic acids is 1. The van der Waals surface area contributed by atoms with Gasteiger partial charge in [-0.3, -0.25) is 4.79 Å². The molecule has 0 atom stereocenters. The number of thiophene rings is 1. The van der Waals surface area contributed by atoms with Crippen molar-refractivity contribution in [2.45, 2.75) is 52.2 Å². The van der Waals surface area contributed by atoms with Gasteiger partial charge in [0.15, 0.2) is 6.29 Å². The Labute approximate surface area is 109 Å². The molecule has 0 aliphatic carbocycles. The van der Waals surface area contributed by atoms with Gasteiger partial charge in [0, 0.05) is 10.9 Å². The fourth-order valence-corrected chi connectivity index (χ4v) is 4.90. The Balaban J connectivity index is 2.80. The summed E-state index contributed by atoms with van der Waals surface area (Å²) in [6, 6.07) is 1.18. The van der Waals surface area contributed by atoms with Crippen molar-refractivity contribution in [1.29, 1.82) is 0 Å². The van der Waals surface area contributed by atoms with Gasteiger partial charge in [-0.25, -0.2) is 0 Å². The third kappa shape index (κ3) is 3.96. The summed E-state index contributed by atoms with van der Waals surface area (Å²) in [5.41, 5.74) is 1.09. The van der Waals surface area contributed by atoms with E-state index in [2.05, 4.69) is 26.9 Å². The topological polar surface area (TPSA) is 26.3 Å². The van der Waals surface area contributed by atoms with Crippen molar-refractivity contribution in [3.05, 3.63) is 15.8 Å². The average Bonchev–Trinajstić information content (AvgIpc) is 2.67. The molecule has 0 aliphatic rings. The van der Waals surface area contributed by atoms with E-state index in [4.69, 9.17) is 4.43 Å². The van der Waals surface area contributed by atoms with Crippen LogP contribution in [0.2, 0.25) is 19.1 Å². The molecule has 0 bridgehead atoms. The number of carbonyl (C=O) groups is 1. The van der Waals surface area contributed by atoms with Gasteiger partial charge < -0.3 is 4.43 Å². The lowest BCUT2D eigenvalue weighted by atomic mass is 10.2. The van der Waals surface area contributed by atoms with Gasteiger partial charge in [0.05, 0.1) is 4.88 Å². The molecule has 0 spiro atoms. The zero-order chi connectivity index (χ0) is 12.9. The molecule has 1 rings (SSSR count). The van der Waals surface area contributed by atoms with E-state index in [0.717, 1.165) is 28.9 Å². The Bertz CT molecular complexity index is 371. The van der Waals surface area contributed by atoms with Crippen LogP contribution in [0, 0.1) is 0 Å². The minimum Gasteiger partial charge on any atom is -0.543 e. The monoisotopic (exact) mass is 270 g/mol. The van der Waals surface area contributed by atoms with Crippen molar-refractivity contribution in [3.63, 3.8) is 0 Å². The second kappa shape index (κ2) is 6.35. The molecule has 1 heterocycles. The molecular weight excluding hydrogens is 248 g/mol. The van der Waals surface area contributed by atoms with Gasteiger partial charge in [-0.05, 0) is 25.6 Å². The van der Waals surface area contributed by atoms with Crippen LogP contribution in [0.4, 0.5) is 0 Å². The molecule has 0 aromatic carbocycles. The van der Waals surface area contributed by atoms with Gasteiger partial charge in [0.1, 0.15) is 5.75 Å². The van der Waals surface area contributed by atoms with Crippen molar-refractivity contribution in [3.8, 4) is 5.75 Å². The van der Waals surface area contributed by atoms with E-state index in [1.807, 2.05) is 5.38 Å². The van der Waals surface area contributed by atoms with Crippen LogP contribution in [0.25, 0.3) is 0 Å². The zero-order valence-corrected chi connectivity index (χ0v) is 13.0. The molecule has 2 nitrogen and oxygen atoms in total. The molecule has 0 saturated carbocycles. The minimum atomic E-state index is -1.62. The average molecular weight is 270 g/mol. The maximum Gasteiger partial charge on any atom is 0.245 e. The highest BCUT2D eigenvalue weighted by atomic mass is 32.1. The van der Waals surface area contributed by atoms with Crippen LogP contribution in [0.1, 0.15) is 41.9 Å². The Morgan fingerprint density at radius 2 is 2.12 bits per heavy atom. The molecule has 4 heteroatoms. The summed E-state index contributed by atoms with van der Waals surface area (Å²) in [5, 5.41) is 1.99. The highest BCUT2D eigenvalue weighted by molar-refractivity contribution is 7.12. The first-order valence-corrected chi connectivity index (χ1v) is 10.3. The smallest absolute Gasteiger partial charge is 0.245 e. The molecular formula is C13H22O2SSi. The Morgan fingerprint density at radius 1 is 1.41 bits per heavy atom. The second-order valence-electron chi connectivity index (χ2n) is 4.88. The van der Waals surface area contributed by atoms with Crippen LogP contribution in [0.5, 0.6) is 5.75 Å². The Morgan fingerprint density at radius 3 is 2.65 bits per heavy atom. The molecule has 0 unspecified atom stereocenters. The highest BCUT2D eigenvalue weighted by Gasteiger charge is 2.25. The number of unbranched alkanes of at least 4 members (excludes halogenated alkanes) is 1. The fraction of sp³-hybridized carbons (Fsp3) is 0.615. The fourth-order valence-electron chi connectivity index (χ4n) is 1.86. The molecule has 17 heavy (non-hydrogen) atoms. The zero-order valence-electron chi connectivity index (χ0n) is 11.2. The highest BCUT2D eigenvalue weighted by Crippen LogP contribution is 2.31. The van der Waals surface area contributed by atoms with Crippen LogP contribution in [-0.2, 0) is 6.42 Å². The van der Waals surface area contributed by atoms with E-state index in [-0.39, 0.29) is 0 Å². The van der Waals surface area contributed by atoms with Crippen molar-refractivity contribution < 1.29 is 9.22 Å². The van der Waals surface area contributed by atoms with Crippen LogP contribution in [-0.4, -0.2) is 14.6 Å². The lowest BCUT2D eigenvalue weighted by Gasteiger charge is -2.24. The molecule has 1 aromatic rings. The molecule has 0 N–H and O–H groups in total. The summed E-state index contributed by atoms with van der Waals surface area (Å²) in [6.45, 7) is 8.78. The van der Waals surface area contributed by atoms with Crippen LogP contribution in [0.15, 0.2) is 5.38 Å². The number of hydrogen-bond donors (Lipinski definition) is 0. The lowest BCUT2D eigenvalue weighted by molar-refractivity contribution is 0.112. The maximum absolute atomic E-state index is 10.9. The minimum absolute atomic E-state index is 0.822. The number of aldehydes is 1. The molecule has 96 valence electrons. The Hall–Kier alpha value is -0.613. The van der Waals surface area contributed by atoms with E-state index in [9.17, 15) is 4.79 Å². The molecule has 0 aliphatic heterocycles. The maximum atomic E-state index is 10.9. The molecule has 0 saturated heterocycles. The summed E-state index contributed by atoms with van der Waals surface area (Å²) in [7, 11) is -1.62. The largest absolute Gasteiger partial charge is 0.543 e. The van der Waals surface area contributed by atoms with Crippen molar-refractivity contribution >= 4 is 25.9 Å². The summed E-state index contributed by atoms with van der Waals surface area (Å²) < 4.78 is 6.20. The van der Waals surface area contributed by atoms with Crippen molar-refractivity contribution in [2.24, 2.45) is 0 Å². The van der Waals surface area contributed by atoms with Gasteiger partial charge >= 0.3 is 0 Å². The van der Waals surface area contributed by atoms with Gasteiger partial charge in [-0.15, -0.1) is 11.3 Å². The predicted octanol–water partition coefficient (Wildman–Crippen LogP) is 4.51. The normalized spacial score (nSPS) is 11.5. The molecule has 1 aromatic heterocycles. The van der Waals surface area contributed by atoms with E-state index in [1.165, 1.54) is 30.2 Å². The van der Waals surface area contributed by atoms with Gasteiger partial charge in [0.25, 0.3) is 0 Å². The summed E-state index contributed by atoms with van der Waals surface area (Å²) in [4.78, 5) is 11.7. The Kier molecular flexibility index (Phi) is 5.40. The van der Waals surface area contributed by atoms with E-state index in [1.54, 1.807) is 0 Å². The quantitative estimate of drug-likeness (QED) is 0.538. The van der Waals surface area contributed by atoms with Gasteiger partial charge in [0.2, 0.25) is 8.32 Å². The predicted molar refractivity (Wildman–Crippen MR) is 76.9 cm³/mol. The van der Waals surface area contributed by atoms with Crippen LogP contribution in [0.3, 0.4) is 0 Å². The summed E-state index contributed by atoms with van der Waals surface area (Å²) in [6.07, 6.45) is 4.25. The number of rotatable bonds is 7. The van der Waals surface area contributed by atoms with Crippen molar-refractivity contribution in [2.75, 3.05) is 0 Å². The van der Waals surface area contributed by atoms with Crippen molar-refractivity contribution in [1.82, 2.24) is 0 Å². The first-order valence-electron chi connectivity index (χ1n) is 6.28. The van der Waals surface area contributed by atoms with Crippen LogP contribution < -0.4 is 4.43 Å². The molecule has 0 fully saturated rings.